The molecule has 1 aliphatic carbocycles. The molecule has 2 fully saturated rings. The van der Waals surface area contributed by atoms with Crippen LogP contribution in [0.4, 0.5) is 0 Å². The number of nitrogens with zero attached hydrogens (tertiary/aromatic N) is 2. The van der Waals surface area contributed by atoms with Crippen molar-refractivity contribution in [2.75, 3.05) is 39.3 Å². The largest absolute Gasteiger partial charge is 0.352 e. The fraction of sp³-hybridized carbons (Fsp3) is 0.765. The van der Waals surface area contributed by atoms with Gasteiger partial charge >= 0.3 is 0 Å². The number of rotatable bonds is 5. The molecule has 5 heteroatoms. The SMILES string of the molecule is C=CCNC(=O)C1CCC(C(=O)N2CCN(CC)CC2)CC1. The Bertz CT molecular complexity index is 395. The molecule has 1 aliphatic heterocycles. The number of likely N-dealkylation sites (N-methyl/N-ethyl adjacent to an activating group) is 1. The molecular weight excluding hydrogens is 278 g/mol. The van der Waals surface area contributed by atoms with Crippen molar-refractivity contribution in [1.82, 2.24) is 15.1 Å². The summed E-state index contributed by atoms with van der Waals surface area (Å²) in [5.74, 6) is 0.612. The molecule has 0 aromatic carbocycles. The standard InChI is InChI=1S/C17H29N3O2/c1-3-9-18-16(21)14-5-7-15(8-6-14)17(22)20-12-10-19(4-2)11-13-20/h3,14-15H,1,4-13H2,2H3,(H,18,21). The molecule has 2 amide bonds. The highest BCUT2D eigenvalue weighted by Crippen LogP contribution is 2.30. The molecule has 1 saturated carbocycles. The molecule has 1 N–H and O–H groups in total. The lowest BCUT2D eigenvalue weighted by Crippen LogP contribution is -2.50. The first-order chi connectivity index (χ1) is 10.7. The van der Waals surface area contributed by atoms with Gasteiger partial charge in [0.05, 0.1) is 0 Å². The molecule has 22 heavy (non-hydrogen) atoms. The van der Waals surface area contributed by atoms with Crippen LogP contribution in [-0.4, -0.2) is 60.9 Å². The Kier molecular flexibility index (Phi) is 6.43. The summed E-state index contributed by atoms with van der Waals surface area (Å²) in [7, 11) is 0. The van der Waals surface area contributed by atoms with Crippen LogP contribution < -0.4 is 5.32 Å². The second-order valence-corrected chi connectivity index (χ2v) is 6.34. The van der Waals surface area contributed by atoms with Crippen molar-refractivity contribution >= 4 is 11.8 Å². The third-order valence-electron chi connectivity index (χ3n) is 5.00. The Balaban J connectivity index is 1.75. The molecule has 0 spiro atoms. The molecule has 0 radical (unpaired) electrons. The highest BCUT2D eigenvalue weighted by atomic mass is 16.2. The van der Waals surface area contributed by atoms with Gasteiger partial charge in [-0.3, -0.25) is 9.59 Å². The molecule has 1 heterocycles. The normalized spacial score (nSPS) is 26.5. The van der Waals surface area contributed by atoms with E-state index in [9.17, 15) is 9.59 Å². The number of piperazine rings is 1. The lowest BCUT2D eigenvalue weighted by atomic mass is 9.81. The van der Waals surface area contributed by atoms with E-state index in [1.165, 1.54) is 0 Å². The van der Waals surface area contributed by atoms with Crippen LogP contribution in [0.5, 0.6) is 0 Å². The lowest BCUT2D eigenvalue weighted by Gasteiger charge is -2.37. The van der Waals surface area contributed by atoms with Crippen LogP contribution >= 0.6 is 0 Å². The fourth-order valence-electron chi connectivity index (χ4n) is 3.46. The van der Waals surface area contributed by atoms with Crippen LogP contribution in [0.3, 0.4) is 0 Å². The summed E-state index contributed by atoms with van der Waals surface area (Å²) in [6.07, 6.45) is 5.05. The average Bonchev–Trinajstić information content (AvgIpc) is 2.59. The van der Waals surface area contributed by atoms with Gasteiger partial charge in [0, 0.05) is 44.6 Å². The van der Waals surface area contributed by atoms with Crippen LogP contribution in [0.1, 0.15) is 32.6 Å². The van der Waals surface area contributed by atoms with Crippen molar-refractivity contribution in [2.24, 2.45) is 11.8 Å². The zero-order valence-corrected chi connectivity index (χ0v) is 13.7. The van der Waals surface area contributed by atoms with Gasteiger partial charge in [-0.2, -0.15) is 0 Å². The van der Waals surface area contributed by atoms with Crippen LogP contribution in [0.15, 0.2) is 12.7 Å². The minimum Gasteiger partial charge on any atom is -0.352 e. The minimum atomic E-state index is 0.0703. The van der Waals surface area contributed by atoms with Crippen LogP contribution in [0, 0.1) is 11.8 Å². The van der Waals surface area contributed by atoms with E-state index in [2.05, 4.69) is 23.7 Å². The summed E-state index contributed by atoms with van der Waals surface area (Å²) < 4.78 is 0. The van der Waals surface area contributed by atoms with E-state index in [0.29, 0.717) is 12.5 Å². The van der Waals surface area contributed by atoms with Crippen molar-refractivity contribution < 1.29 is 9.59 Å². The first-order valence-corrected chi connectivity index (χ1v) is 8.55. The van der Waals surface area contributed by atoms with E-state index in [1.807, 2.05) is 4.90 Å². The van der Waals surface area contributed by atoms with Gasteiger partial charge in [-0.25, -0.2) is 0 Å². The van der Waals surface area contributed by atoms with Gasteiger partial charge in [-0.05, 0) is 32.2 Å². The number of hydrogen-bond acceptors (Lipinski definition) is 3. The summed E-state index contributed by atoms with van der Waals surface area (Å²) in [6.45, 7) is 11.0. The Morgan fingerprint density at radius 1 is 1.09 bits per heavy atom. The van der Waals surface area contributed by atoms with E-state index in [4.69, 9.17) is 0 Å². The predicted molar refractivity (Wildman–Crippen MR) is 87.3 cm³/mol. The number of hydrogen-bond donors (Lipinski definition) is 1. The maximum atomic E-state index is 12.6. The molecule has 5 nitrogen and oxygen atoms in total. The zero-order valence-electron chi connectivity index (χ0n) is 13.7. The van der Waals surface area contributed by atoms with Crippen molar-refractivity contribution in [2.45, 2.75) is 32.6 Å². The molecule has 0 atom stereocenters. The quantitative estimate of drug-likeness (QED) is 0.778. The van der Waals surface area contributed by atoms with Crippen molar-refractivity contribution in [3.63, 3.8) is 0 Å². The molecule has 0 aromatic rings. The smallest absolute Gasteiger partial charge is 0.225 e. The lowest BCUT2D eigenvalue weighted by molar-refractivity contribution is -0.140. The van der Waals surface area contributed by atoms with Gasteiger partial charge in [0.15, 0.2) is 0 Å². The van der Waals surface area contributed by atoms with Gasteiger partial charge in [0.25, 0.3) is 0 Å². The van der Waals surface area contributed by atoms with E-state index >= 15 is 0 Å². The second-order valence-electron chi connectivity index (χ2n) is 6.34. The Morgan fingerprint density at radius 2 is 1.68 bits per heavy atom. The Labute approximate surface area is 133 Å². The summed E-state index contributed by atoms with van der Waals surface area (Å²) in [5, 5.41) is 2.86. The minimum absolute atomic E-state index is 0.0703. The second kappa shape index (κ2) is 8.32. The van der Waals surface area contributed by atoms with E-state index in [-0.39, 0.29) is 17.7 Å². The van der Waals surface area contributed by atoms with Gasteiger partial charge < -0.3 is 15.1 Å². The number of carbonyl (C=O) groups excluding carboxylic acids is 2. The topological polar surface area (TPSA) is 52.7 Å². The van der Waals surface area contributed by atoms with Crippen LogP contribution in [-0.2, 0) is 9.59 Å². The third kappa shape index (κ3) is 4.32. The first-order valence-electron chi connectivity index (χ1n) is 8.55. The van der Waals surface area contributed by atoms with Gasteiger partial charge in [0.2, 0.25) is 11.8 Å². The summed E-state index contributed by atoms with van der Waals surface area (Å²) in [6, 6.07) is 0. The highest BCUT2D eigenvalue weighted by Gasteiger charge is 2.32. The molecule has 2 rings (SSSR count). The van der Waals surface area contributed by atoms with Crippen LogP contribution in [0.2, 0.25) is 0 Å². The summed E-state index contributed by atoms with van der Waals surface area (Å²) >= 11 is 0. The number of carbonyl (C=O) groups is 2. The number of amides is 2. The highest BCUT2D eigenvalue weighted by molar-refractivity contribution is 5.81. The van der Waals surface area contributed by atoms with E-state index in [1.54, 1.807) is 6.08 Å². The monoisotopic (exact) mass is 307 g/mol. The molecule has 2 aliphatic rings. The molecule has 124 valence electrons. The average molecular weight is 307 g/mol. The molecule has 0 bridgehead atoms. The molecule has 0 aromatic heterocycles. The Hall–Kier alpha value is -1.36. The van der Waals surface area contributed by atoms with Crippen molar-refractivity contribution in [3.05, 3.63) is 12.7 Å². The third-order valence-corrected chi connectivity index (χ3v) is 5.00. The molecule has 0 unspecified atom stereocenters. The number of nitrogens with one attached hydrogen (secondary N) is 1. The molecule has 1 saturated heterocycles. The van der Waals surface area contributed by atoms with Crippen LogP contribution in [0.25, 0.3) is 0 Å². The Morgan fingerprint density at radius 3 is 2.23 bits per heavy atom. The zero-order chi connectivity index (χ0) is 15.9. The first kappa shape index (κ1) is 17.0. The van der Waals surface area contributed by atoms with Gasteiger partial charge in [0.1, 0.15) is 0 Å². The van der Waals surface area contributed by atoms with Crippen molar-refractivity contribution in [3.8, 4) is 0 Å². The summed E-state index contributed by atoms with van der Waals surface area (Å²) in [5.41, 5.74) is 0. The summed E-state index contributed by atoms with van der Waals surface area (Å²) in [4.78, 5) is 28.9. The van der Waals surface area contributed by atoms with Gasteiger partial charge in [-0.15, -0.1) is 6.58 Å². The predicted octanol–water partition coefficient (Wildman–Crippen LogP) is 1.26. The maximum absolute atomic E-state index is 12.6. The van der Waals surface area contributed by atoms with Gasteiger partial charge in [-0.1, -0.05) is 13.0 Å². The van der Waals surface area contributed by atoms with E-state index in [0.717, 1.165) is 58.4 Å². The van der Waals surface area contributed by atoms with Crippen molar-refractivity contribution in [1.29, 1.82) is 0 Å². The fourth-order valence-corrected chi connectivity index (χ4v) is 3.46. The maximum Gasteiger partial charge on any atom is 0.225 e. The molecular formula is C17H29N3O2. The van der Waals surface area contributed by atoms with E-state index < -0.39 is 0 Å².